The zero-order chi connectivity index (χ0) is 36.6. The van der Waals surface area contributed by atoms with E-state index in [0.717, 1.165) is 36.1 Å². The van der Waals surface area contributed by atoms with Gasteiger partial charge in [0, 0.05) is 0 Å². The Hall–Kier alpha value is -2.82. The lowest BCUT2D eigenvalue weighted by atomic mass is 10.0. The first-order valence-corrected chi connectivity index (χ1v) is 19.7. The summed E-state index contributed by atoms with van der Waals surface area (Å²) in [7, 11) is -12.7. The molecule has 0 amide bonds. The lowest BCUT2D eigenvalue weighted by Gasteiger charge is -2.08. The van der Waals surface area contributed by atoms with Gasteiger partial charge in [0.1, 0.15) is 0 Å². The van der Waals surface area contributed by atoms with Crippen LogP contribution in [0.1, 0.15) is 93.4 Å². The number of hydrogen-bond acceptors (Lipinski definition) is 6. The van der Waals surface area contributed by atoms with E-state index in [2.05, 4.69) is 6.92 Å². The van der Waals surface area contributed by atoms with Crippen LogP contribution >= 0.6 is 0 Å². The van der Waals surface area contributed by atoms with E-state index in [1.165, 1.54) is 89.0 Å². The molecule has 3 aromatic rings. The van der Waals surface area contributed by atoms with Crippen molar-refractivity contribution in [2.24, 2.45) is 0 Å². The Kier molecular flexibility index (Phi) is 18.0. The lowest BCUT2D eigenvalue weighted by Crippen LogP contribution is -2.08. The third-order valence-electron chi connectivity index (χ3n) is 7.04. The number of unbranched alkanes of at least 4 members (excludes halogenated alkanes) is 9. The van der Waals surface area contributed by atoms with Crippen molar-refractivity contribution < 1.29 is 52.1 Å². The molecule has 0 saturated carbocycles. The van der Waals surface area contributed by atoms with Crippen LogP contribution in [0.5, 0.6) is 0 Å². The Labute approximate surface area is 282 Å². The van der Waals surface area contributed by atoms with Crippen molar-refractivity contribution >= 4 is 30.4 Å². The Morgan fingerprint density at radius 1 is 0.521 bits per heavy atom. The summed E-state index contributed by atoms with van der Waals surface area (Å²) in [5.74, 6) is 0. The van der Waals surface area contributed by atoms with E-state index in [0.29, 0.717) is 6.07 Å². The quantitative estimate of drug-likeness (QED) is 0.108. The molecule has 0 spiro atoms. The average Bonchev–Trinajstić information content (AvgIpc) is 2.97. The van der Waals surface area contributed by atoms with Gasteiger partial charge in [-0.25, -0.2) is 0 Å². The second-order valence-corrected chi connectivity index (χ2v) is 15.6. The van der Waals surface area contributed by atoms with Crippen molar-refractivity contribution in [1.82, 2.24) is 0 Å². The lowest BCUT2D eigenvalue weighted by molar-refractivity contribution is -0.137. The molecule has 270 valence electrons. The molecule has 3 N–H and O–H groups in total. The zero-order valence-electron chi connectivity index (χ0n) is 27.3. The predicted octanol–water partition coefficient (Wildman–Crippen LogP) is 8.90. The van der Waals surface area contributed by atoms with Gasteiger partial charge in [0.2, 0.25) is 0 Å². The number of rotatable bonds is 14. The van der Waals surface area contributed by atoms with E-state index in [1.54, 1.807) is 24.3 Å². The third kappa shape index (κ3) is 18.1. The summed E-state index contributed by atoms with van der Waals surface area (Å²) in [6.45, 7) is 5.40. The number of hydrogen-bond donors (Lipinski definition) is 3. The molecule has 0 aliphatic rings. The van der Waals surface area contributed by atoms with Crippen LogP contribution in [-0.2, 0) is 43.0 Å². The normalized spacial score (nSPS) is 12.0. The predicted molar refractivity (Wildman–Crippen MR) is 179 cm³/mol. The van der Waals surface area contributed by atoms with Gasteiger partial charge in [-0.2, -0.15) is 38.4 Å². The molecule has 0 heterocycles. The molecule has 0 radical (unpaired) electrons. The second-order valence-electron chi connectivity index (χ2n) is 11.3. The van der Waals surface area contributed by atoms with E-state index in [-0.39, 0.29) is 15.4 Å². The molecule has 0 saturated heterocycles. The maximum absolute atomic E-state index is 12.3. The minimum absolute atomic E-state index is 0.0284. The molecule has 3 rings (SSSR count). The SMILES string of the molecule is CCCCCCCCCCCCc1ccc(S(=O)(=O)O)cc1.Cc1cc(C(F)(F)F)cc(S(=O)(=O)O)c1.Cc1ccc(S(=O)(=O)O)cc1. The van der Waals surface area contributed by atoms with Gasteiger partial charge in [-0.05, 0) is 80.3 Å². The smallest absolute Gasteiger partial charge is 0.282 e. The first-order chi connectivity index (χ1) is 22.1. The van der Waals surface area contributed by atoms with Crippen LogP contribution < -0.4 is 0 Å². The summed E-state index contributed by atoms with van der Waals surface area (Å²) < 4.78 is 127. The summed E-state index contributed by atoms with van der Waals surface area (Å²) in [6.07, 6.45) is 9.50. The van der Waals surface area contributed by atoms with Gasteiger partial charge in [-0.1, -0.05) is 94.5 Å². The highest BCUT2D eigenvalue weighted by Gasteiger charge is 2.32. The molecule has 9 nitrogen and oxygen atoms in total. The van der Waals surface area contributed by atoms with Gasteiger partial charge in [0.15, 0.2) is 0 Å². The van der Waals surface area contributed by atoms with Crippen molar-refractivity contribution in [1.29, 1.82) is 0 Å². The van der Waals surface area contributed by atoms with Gasteiger partial charge in [-0.15, -0.1) is 0 Å². The van der Waals surface area contributed by atoms with Crippen molar-refractivity contribution in [3.8, 4) is 0 Å². The van der Waals surface area contributed by atoms with Crippen LogP contribution in [0.2, 0.25) is 0 Å². The molecule has 3 aromatic carbocycles. The maximum atomic E-state index is 12.3. The summed E-state index contributed by atoms with van der Waals surface area (Å²) in [5, 5.41) is 0. The van der Waals surface area contributed by atoms with Crippen LogP contribution in [-0.4, -0.2) is 38.9 Å². The largest absolute Gasteiger partial charge is 0.416 e. The summed E-state index contributed by atoms with van der Waals surface area (Å²) in [5.41, 5.74) is 1.09. The van der Waals surface area contributed by atoms with Crippen LogP contribution in [0.3, 0.4) is 0 Å². The van der Waals surface area contributed by atoms with E-state index in [9.17, 15) is 38.4 Å². The average molecular weight is 739 g/mol. The highest BCUT2D eigenvalue weighted by molar-refractivity contribution is 7.86. The van der Waals surface area contributed by atoms with Crippen LogP contribution in [0, 0.1) is 13.8 Å². The van der Waals surface area contributed by atoms with Gasteiger partial charge in [0.25, 0.3) is 30.4 Å². The fourth-order valence-electron chi connectivity index (χ4n) is 4.42. The number of alkyl halides is 3. The molecule has 15 heteroatoms. The summed E-state index contributed by atoms with van der Waals surface area (Å²) in [4.78, 5) is -0.850. The summed E-state index contributed by atoms with van der Waals surface area (Å²) >= 11 is 0. The highest BCUT2D eigenvalue weighted by Crippen LogP contribution is 2.31. The van der Waals surface area contributed by atoms with Crippen molar-refractivity contribution in [2.75, 3.05) is 0 Å². The molecule has 48 heavy (non-hydrogen) atoms. The molecule has 0 fully saturated rings. The van der Waals surface area contributed by atoms with Gasteiger partial charge >= 0.3 is 6.18 Å². The maximum Gasteiger partial charge on any atom is 0.416 e. The Balaban J connectivity index is 0.000000384. The minimum atomic E-state index is -4.63. The van der Waals surface area contributed by atoms with Crippen LogP contribution in [0.4, 0.5) is 13.2 Å². The fourth-order valence-corrected chi connectivity index (χ4v) is 5.99. The van der Waals surface area contributed by atoms with Crippen LogP contribution in [0.15, 0.2) is 81.4 Å². The Morgan fingerprint density at radius 2 is 0.917 bits per heavy atom. The van der Waals surface area contributed by atoms with Crippen molar-refractivity contribution in [2.45, 2.75) is 112 Å². The zero-order valence-corrected chi connectivity index (χ0v) is 29.7. The van der Waals surface area contributed by atoms with E-state index in [4.69, 9.17) is 13.7 Å². The first kappa shape index (κ1) is 43.2. The van der Waals surface area contributed by atoms with Gasteiger partial charge in [-0.3, -0.25) is 13.7 Å². The molecule has 0 unspecified atom stereocenters. The molecule has 0 aliphatic carbocycles. The van der Waals surface area contributed by atoms with E-state index in [1.807, 2.05) is 6.92 Å². The van der Waals surface area contributed by atoms with Gasteiger partial charge in [0.05, 0.1) is 20.2 Å². The first-order valence-electron chi connectivity index (χ1n) is 15.4. The van der Waals surface area contributed by atoms with Crippen LogP contribution in [0.25, 0.3) is 0 Å². The molecule has 0 bridgehead atoms. The number of aryl methyl sites for hydroxylation is 3. The Bertz CT molecular complexity index is 1720. The summed E-state index contributed by atoms with van der Waals surface area (Å²) in [6, 6.07) is 14.7. The highest BCUT2D eigenvalue weighted by atomic mass is 32.2. The van der Waals surface area contributed by atoms with Gasteiger partial charge < -0.3 is 0 Å². The van der Waals surface area contributed by atoms with Crippen molar-refractivity contribution in [3.05, 3.63) is 89.0 Å². The fraction of sp³-hybridized carbons (Fsp3) is 0.455. The third-order valence-corrected chi connectivity index (χ3v) is 9.60. The molecular weight excluding hydrogens is 694 g/mol. The number of halogens is 3. The number of benzene rings is 3. The molecule has 0 aromatic heterocycles. The molecule has 0 aliphatic heterocycles. The Morgan fingerprint density at radius 3 is 1.31 bits per heavy atom. The van der Waals surface area contributed by atoms with Crippen molar-refractivity contribution in [3.63, 3.8) is 0 Å². The minimum Gasteiger partial charge on any atom is -0.282 e. The molecule has 0 atom stereocenters. The molecular formula is C33H45F3O9S3. The standard InChI is InChI=1S/C18H30O3S.C8H7F3O3S.C7H8O3S/c1-2-3-4-5-6-7-8-9-10-11-12-17-13-15-18(16-14-17)22(19,20)21;1-5-2-6(8(9,10)11)4-7(3-5)15(12,13)14;1-6-2-4-7(5-3-6)11(8,9)10/h13-16H,2-12H2,1H3,(H,19,20,21);2-4H,1H3,(H,12,13,14);2-5H,1H3,(H,8,9,10). The topological polar surface area (TPSA) is 163 Å². The van der Waals surface area contributed by atoms with E-state index < -0.39 is 47.0 Å². The monoisotopic (exact) mass is 738 g/mol. The van der Waals surface area contributed by atoms with E-state index >= 15 is 0 Å². The second kappa shape index (κ2) is 20.0.